The summed E-state index contributed by atoms with van der Waals surface area (Å²) in [6.07, 6.45) is 6.85. The molecule has 1 saturated heterocycles. The van der Waals surface area contributed by atoms with Crippen molar-refractivity contribution in [1.82, 2.24) is 10.6 Å². The molecule has 0 radical (unpaired) electrons. The van der Waals surface area contributed by atoms with Crippen molar-refractivity contribution in [3.05, 3.63) is 0 Å². The SMILES string of the molecule is CCSC1CCC(NC(=O)CC(C)C2CCCNC2)C1. The van der Waals surface area contributed by atoms with Crippen LogP contribution in [0.2, 0.25) is 0 Å². The van der Waals surface area contributed by atoms with Crippen molar-refractivity contribution >= 4 is 17.7 Å². The lowest BCUT2D eigenvalue weighted by Crippen LogP contribution is -2.38. The molecule has 0 aromatic rings. The second-order valence-electron chi connectivity index (χ2n) is 6.44. The predicted molar refractivity (Wildman–Crippen MR) is 87.1 cm³/mol. The van der Waals surface area contributed by atoms with Gasteiger partial charge in [0, 0.05) is 17.7 Å². The third kappa shape index (κ3) is 4.96. The highest BCUT2D eigenvalue weighted by Gasteiger charge is 2.27. The van der Waals surface area contributed by atoms with Crippen LogP contribution in [0.15, 0.2) is 0 Å². The van der Waals surface area contributed by atoms with E-state index in [2.05, 4.69) is 24.5 Å². The molecular formula is C16H30N2OS. The fourth-order valence-electron chi connectivity index (χ4n) is 3.57. The average molecular weight is 298 g/mol. The monoisotopic (exact) mass is 298 g/mol. The van der Waals surface area contributed by atoms with Gasteiger partial charge in [-0.25, -0.2) is 0 Å². The topological polar surface area (TPSA) is 41.1 Å². The van der Waals surface area contributed by atoms with E-state index in [1.54, 1.807) is 0 Å². The van der Waals surface area contributed by atoms with Gasteiger partial charge in [-0.05, 0) is 62.8 Å². The highest BCUT2D eigenvalue weighted by atomic mass is 32.2. The van der Waals surface area contributed by atoms with Gasteiger partial charge in [0.2, 0.25) is 5.91 Å². The van der Waals surface area contributed by atoms with Gasteiger partial charge in [0.1, 0.15) is 0 Å². The first-order valence-electron chi connectivity index (χ1n) is 8.30. The smallest absolute Gasteiger partial charge is 0.220 e. The van der Waals surface area contributed by atoms with Crippen LogP contribution in [0.25, 0.3) is 0 Å². The predicted octanol–water partition coefficient (Wildman–Crippen LogP) is 2.80. The lowest BCUT2D eigenvalue weighted by Gasteiger charge is -2.28. The summed E-state index contributed by atoms with van der Waals surface area (Å²) in [6, 6.07) is 0.434. The summed E-state index contributed by atoms with van der Waals surface area (Å²) < 4.78 is 0. The van der Waals surface area contributed by atoms with Crippen molar-refractivity contribution < 1.29 is 4.79 Å². The highest BCUT2D eigenvalue weighted by molar-refractivity contribution is 7.99. The number of piperidine rings is 1. The molecule has 1 aliphatic heterocycles. The zero-order chi connectivity index (χ0) is 14.4. The van der Waals surface area contributed by atoms with Crippen LogP contribution in [0.1, 0.15) is 52.4 Å². The molecule has 2 aliphatic rings. The standard InChI is InChI=1S/C16H30N2OS/c1-3-20-15-7-6-14(10-15)18-16(19)9-12(2)13-5-4-8-17-11-13/h12-15,17H,3-11H2,1-2H3,(H,18,19). The Morgan fingerprint density at radius 1 is 1.40 bits per heavy atom. The second-order valence-corrected chi connectivity index (χ2v) is 8.02. The molecule has 2 fully saturated rings. The molecule has 116 valence electrons. The molecule has 20 heavy (non-hydrogen) atoms. The van der Waals surface area contributed by atoms with Gasteiger partial charge in [-0.1, -0.05) is 13.8 Å². The molecule has 4 heteroatoms. The molecule has 0 aromatic heterocycles. The number of hydrogen-bond acceptors (Lipinski definition) is 3. The number of carbonyl (C=O) groups is 1. The first kappa shape index (κ1) is 16.2. The third-order valence-corrected chi connectivity index (χ3v) is 6.03. The minimum atomic E-state index is 0.273. The Bertz CT molecular complexity index is 305. The third-order valence-electron chi connectivity index (χ3n) is 4.80. The molecule has 1 amide bonds. The number of thioether (sulfide) groups is 1. The molecule has 0 aromatic carbocycles. The van der Waals surface area contributed by atoms with Gasteiger partial charge in [-0.3, -0.25) is 4.79 Å². The van der Waals surface area contributed by atoms with Crippen molar-refractivity contribution in [2.45, 2.75) is 63.7 Å². The number of hydrogen-bond donors (Lipinski definition) is 2. The van der Waals surface area contributed by atoms with E-state index < -0.39 is 0 Å². The number of nitrogens with one attached hydrogen (secondary N) is 2. The molecular weight excluding hydrogens is 268 g/mol. The Morgan fingerprint density at radius 3 is 2.95 bits per heavy atom. The van der Waals surface area contributed by atoms with Crippen molar-refractivity contribution in [1.29, 1.82) is 0 Å². The molecule has 2 rings (SSSR count). The lowest BCUT2D eigenvalue weighted by molar-refractivity contribution is -0.123. The Kier molecular flexibility index (Phi) is 6.69. The summed E-state index contributed by atoms with van der Waals surface area (Å²) in [5.74, 6) is 2.65. The van der Waals surface area contributed by atoms with Crippen molar-refractivity contribution in [2.24, 2.45) is 11.8 Å². The summed E-state index contributed by atoms with van der Waals surface area (Å²) in [5, 5.41) is 7.48. The zero-order valence-corrected chi connectivity index (χ0v) is 13.8. The summed E-state index contributed by atoms with van der Waals surface area (Å²) >= 11 is 2.05. The average Bonchev–Trinajstić information content (AvgIpc) is 2.87. The van der Waals surface area contributed by atoms with E-state index in [-0.39, 0.29) is 5.91 Å². The van der Waals surface area contributed by atoms with Gasteiger partial charge in [-0.2, -0.15) is 11.8 Å². The fraction of sp³-hybridized carbons (Fsp3) is 0.938. The minimum Gasteiger partial charge on any atom is -0.353 e. The second kappa shape index (κ2) is 8.28. The first-order chi connectivity index (χ1) is 9.69. The van der Waals surface area contributed by atoms with E-state index >= 15 is 0 Å². The van der Waals surface area contributed by atoms with E-state index in [1.807, 2.05) is 11.8 Å². The Labute approximate surface area is 128 Å². The van der Waals surface area contributed by atoms with Crippen molar-refractivity contribution in [2.75, 3.05) is 18.8 Å². The number of carbonyl (C=O) groups excluding carboxylic acids is 1. The molecule has 1 saturated carbocycles. The van der Waals surface area contributed by atoms with Crippen LogP contribution in [0, 0.1) is 11.8 Å². The maximum Gasteiger partial charge on any atom is 0.220 e. The largest absolute Gasteiger partial charge is 0.353 e. The van der Waals surface area contributed by atoms with Gasteiger partial charge in [-0.15, -0.1) is 0 Å². The van der Waals surface area contributed by atoms with E-state index in [0.717, 1.165) is 18.3 Å². The van der Waals surface area contributed by atoms with Gasteiger partial charge in [0.25, 0.3) is 0 Å². The highest BCUT2D eigenvalue weighted by Crippen LogP contribution is 2.30. The van der Waals surface area contributed by atoms with E-state index in [4.69, 9.17) is 0 Å². The van der Waals surface area contributed by atoms with Gasteiger partial charge in [0.15, 0.2) is 0 Å². The van der Waals surface area contributed by atoms with Gasteiger partial charge >= 0.3 is 0 Å². The van der Waals surface area contributed by atoms with E-state index in [1.165, 1.54) is 37.9 Å². The maximum absolute atomic E-state index is 12.2. The van der Waals surface area contributed by atoms with Crippen LogP contribution in [-0.2, 0) is 4.79 Å². The summed E-state index contributed by atoms with van der Waals surface area (Å²) in [6.45, 7) is 6.69. The van der Waals surface area contributed by atoms with Gasteiger partial charge in [0.05, 0.1) is 0 Å². The number of rotatable bonds is 6. The Hall–Kier alpha value is -0.220. The Balaban J connectivity index is 1.67. The molecule has 4 unspecified atom stereocenters. The molecule has 0 bridgehead atoms. The van der Waals surface area contributed by atoms with Crippen LogP contribution >= 0.6 is 11.8 Å². The fourth-order valence-corrected chi connectivity index (χ4v) is 4.71. The molecule has 4 atom stereocenters. The minimum absolute atomic E-state index is 0.273. The molecule has 1 heterocycles. The van der Waals surface area contributed by atoms with Crippen LogP contribution in [0.4, 0.5) is 0 Å². The van der Waals surface area contributed by atoms with Crippen LogP contribution in [-0.4, -0.2) is 36.0 Å². The van der Waals surface area contributed by atoms with Crippen molar-refractivity contribution in [3.8, 4) is 0 Å². The van der Waals surface area contributed by atoms with E-state index in [9.17, 15) is 4.79 Å². The van der Waals surface area contributed by atoms with Crippen LogP contribution in [0.5, 0.6) is 0 Å². The lowest BCUT2D eigenvalue weighted by atomic mass is 9.85. The first-order valence-corrected chi connectivity index (χ1v) is 9.35. The van der Waals surface area contributed by atoms with E-state index in [0.29, 0.717) is 24.3 Å². The summed E-state index contributed by atoms with van der Waals surface area (Å²) in [7, 11) is 0. The summed E-state index contributed by atoms with van der Waals surface area (Å²) in [4.78, 5) is 12.2. The quantitative estimate of drug-likeness (QED) is 0.792. The van der Waals surface area contributed by atoms with Crippen molar-refractivity contribution in [3.63, 3.8) is 0 Å². The van der Waals surface area contributed by atoms with Crippen LogP contribution in [0.3, 0.4) is 0 Å². The molecule has 1 aliphatic carbocycles. The summed E-state index contributed by atoms with van der Waals surface area (Å²) in [5.41, 5.74) is 0. The molecule has 0 spiro atoms. The zero-order valence-electron chi connectivity index (χ0n) is 13.0. The molecule has 2 N–H and O–H groups in total. The maximum atomic E-state index is 12.2. The normalized spacial score (nSPS) is 32.0. The molecule has 3 nitrogen and oxygen atoms in total. The Morgan fingerprint density at radius 2 is 2.25 bits per heavy atom. The number of amides is 1. The van der Waals surface area contributed by atoms with Gasteiger partial charge < -0.3 is 10.6 Å². The van der Waals surface area contributed by atoms with Crippen LogP contribution < -0.4 is 10.6 Å².